The summed E-state index contributed by atoms with van der Waals surface area (Å²) in [6, 6.07) is 10.2. The first-order chi connectivity index (χ1) is 9.65. The number of amides is 1. The fraction of sp³-hybridized carbons (Fsp3) is 0.353. The van der Waals surface area contributed by atoms with E-state index in [4.69, 9.17) is 0 Å². The molecule has 2 aromatic carbocycles. The van der Waals surface area contributed by atoms with Gasteiger partial charge in [-0.1, -0.05) is 37.1 Å². The molecule has 1 aliphatic rings. The van der Waals surface area contributed by atoms with Crippen molar-refractivity contribution >= 4 is 16.7 Å². The van der Waals surface area contributed by atoms with Gasteiger partial charge in [0.25, 0.3) is 5.91 Å². The summed E-state index contributed by atoms with van der Waals surface area (Å²) < 4.78 is 13.7. The molecule has 0 spiro atoms. The Morgan fingerprint density at radius 2 is 1.95 bits per heavy atom. The highest BCUT2D eigenvalue weighted by molar-refractivity contribution is 6.07. The highest BCUT2D eigenvalue weighted by atomic mass is 19.1. The Labute approximate surface area is 118 Å². The third-order valence-corrected chi connectivity index (χ3v) is 3.88. The van der Waals surface area contributed by atoms with Gasteiger partial charge in [-0.05, 0) is 36.8 Å². The van der Waals surface area contributed by atoms with Crippen LogP contribution >= 0.6 is 0 Å². The van der Waals surface area contributed by atoms with E-state index in [1.165, 1.54) is 18.9 Å². The SMILES string of the molecule is CC(CC1CC1)NC(=O)c1ccc(F)c2ccccc12. The van der Waals surface area contributed by atoms with Gasteiger partial charge in [-0.25, -0.2) is 4.39 Å². The van der Waals surface area contributed by atoms with E-state index in [0.717, 1.165) is 12.3 Å². The maximum atomic E-state index is 13.7. The van der Waals surface area contributed by atoms with Gasteiger partial charge in [0, 0.05) is 17.0 Å². The van der Waals surface area contributed by atoms with Gasteiger partial charge in [0.15, 0.2) is 0 Å². The fourth-order valence-electron chi connectivity index (χ4n) is 2.67. The molecule has 1 unspecified atom stereocenters. The summed E-state index contributed by atoms with van der Waals surface area (Å²) >= 11 is 0. The van der Waals surface area contributed by atoms with Gasteiger partial charge in [-0.2, -0.15) is 0 Å². The summed E-state index contributed by atoms with van der Waals surface area (Å²) in [5.74, 6) is 0.368. The molecule has 0 aliphatic heterocycles. The van der Waals surface area contributed by atoms with Gasteiger partial charge >= 0.3 is 0 Å². The summed E-state index contributed by atoms with van der Waals surface area (Å²) in [6.07, 6.45) is 3.59. The van der Waals surface area contributed by atoms with E-state index in [1.807, 2.05) is 13.0 Å². The molecule has 1 saturated carbocycles. The van der Waals surface area contributed by atoms with E-state index in [-0.39, 0.29) is 17.8 Å². The first kappa shape index (κ1) is 13.1. The van der Waals surface area contributed by atoms with Gasteiger partial charge in [-0.3, -0.25) is 4.79 Å². The number of fused-ring (bicyclic) bond motifs is 1. The molecule has 0 aromatic heterocycles. The van der Waals surface area contributed by atoms with E-state index < -0.39 is 0 Å². The Hall–Kier alpha value is -1.90. The number of nitrogens with one attached hydrogen (secondary N) is 1. The van der Waals surface area contributed by atoms with Crippen LogP contribution in [0.2, 0.25) is 0 Å². The quantitative estimate of drug-likeness (QED) is 0.897. The molecular weight excluding hydrogens is 253 g/mol. The van der Waals surface area contributed by atoms with Crippen molar-refractivity contribution in [3.8, 4) is 0 Å². The van der Waals surface area contributed by atoms with Gasteiger partial charge in [-0.15, -0.1) is 0 Å². The van der Waals surface area contributed by atoms with Crippen LogP contribution in [0.15, 0.2) is 36.4 Å². The zero-order valence-corrected chi connectivity index (χ0v) is 11.5. The molecule has 1 N–H and O–H groups in total. The highest BCUT2D eigenvalue weighted by Gasteiger charge is 2.24. The molecule has 0 radical (unpaired) electrons. The zero-order valence-electron chi connectivity index (χ0n) is 11.5. The fourth-order valence-corrected chi connectivity index (χ4v) is 2.67. The second-order valence-corrected chi connectivity index (χ2v) is 5.69. The molecule has 0 saturated heterocycles. The highest BCUT2D eigenvalue weighted by Crippen LogP contribution is 2.33. The molecule has 3 rings (SSSR count). The second kappa shape index (κ2) is 5.23. The lowest BCUT2D eigenvalue weighted by Gasteiger charge is -2.14. The third-order valence-electron chi connectivity index (χ3n) is 3.88. The zero-order chi connectivity index (χ0) is 14.1. The van der Waals surface area contributed by atoms with Crippen LogP contribution in [0.1, 0.15) is 36.5 Å². The topological polar surface area (TPSA) is 29.1 Å². The maximum Gasteiger partial charge on any atom is 0.252 e. The first-order valence-electron chi connectivity index (χ1n) is 7.13. The Balaban J connectivity index is 1.85. The Morgan fingerprint density at radius 1 is 1.25 bits per heavy atom. The number of hydrogen-bond donors (Lipinski definition) is 1. The van der Waals surface area contributed by atoms with Crippen molar-refractivity contribution in [3.05, 3.63) is 47.8 Å². The molecule has 1 fully saturated rings. The molecule has 0 heterocycles. The lowest BCUT2D eigenvalue weighted by molar-refractivity contribution is 0.0939. The van der Waals surface area contributed by atoms with E-state index in [9.17, 15) is 9.18 Å². The van der Waals surface area contributed by atoms with Gasteiger partial charge in [0.1, 0.15) is 5.82 Å². The average Bonchev–Trinajstić information content (AvgIpc) is 3.23. The summed E-state index contributed by atoms with van der Waals surface area (Å²) in [4.78, 5) is 12.3. The van der Waals surface area contributed by atoms with Crippen LogP contribution in [0.4, 0.5) is 4.39 Å². The molecule has 2 aromatic rings. The molecule has 3 heteroatoms. The summed E-state index contributed by atoms with van der Waals surface area (Å²) in [6.45, 7) is 2.03. The number of carbonyl (C=O) groups is 1. The first-order valence-corrected chi connectivity index (χ1v) is 7.13. The average molecular weight is 271 g/mol. The van der Waals surface area contributed by atoms with Gasteiger partial charge in [0.2, 0.25) is 0 Å². The second-order valence-electron chi connectivity index (χ2n) is 5.69. The normalized spacial score (nSPS) is 16.1. The Morgan fingerprint density at radius 3 is 2.65 bits per heavy atom. The molecule has 2 nitrogen and oxygen atoms in total. The maximum absolute atomic E-state index is 13.7. The molecule has 104 valence electrons. The number of rotatable bonds is 4. The number of carbonyl (C=O) groups excluding carboxylic acids is 1. The van der Waals surface area contributed by atoms with Crippen LogP contribution in [0.3, 0.4) is 0 Å². The molecule has 20 heavy (non-hydrogen) atoms. The minimum Gasteiger partial charge on any atom is -0.350 e. The van der Waals surface area contributed by atoms with Crippen molar-refractivity contribution in [1.82, 2.24) is 5.32 Å². The molecule has 1 atom stereocenters. The third kappa shape index (κ3) is 2.67. The largest absolute Gasteiger partial charge is 0.350 e. The number of halogens is 1. The summed E-state index contributed by atoms with van der Waals surface area (Å²) in [5, 5.41) is 4.18. The van der Waals surface area contributed by atoms with Crippen LogP contribution in [-0.4, -0.2) is 11.9 Å². The van der Waals surface area contributed by atoms with Crippen molar-refractivity contribution in [2.24, 2.45) is 5.92 Å². The lowest BCUT2D eigenvalue weighted by atomic mass is 10.0. The molecule has 1 aliphatic carbocycles. The lowest BCUT2D eigenvalue weighted by Crippen LogP contribution is -2.33. The van der Waals surface area contributed by atoms with E-state index in [2.05, 4.69) is 5.32 Å². The van der Waals surface area contributed by atoms with Gasteiger partial charge in [0.05, 0.1) is 0 Å². The van der Waals surface area contributed by atoms with Crippen molar-refractivity contribution in [3.63, 3.8) is 0 Å². The van der Waals surface area contributed by atoms with Crippen LogP contribution in [0.5, 0.6) is 0 Å². The van der Waals surface area contributed by atoms with Crippen molar-refractivity contribution in [2.45, 2.75) is 32.2 Å². The molecular formula is C17H18FNO. The predicted octanol–water partition coefficient (Wildman–Crippen LogP) is 3.90. The number of hydrogen-bond acceptors (Lipinski definition) is 1. The molecule has 1 amide bonds. The van der Waals surface area contributed by atoms with Crippen LogP contribution in [-0.2, 0) is 0 Å². The minimum atomic E-state index is -0.289. The predicted molar refractivity (Wildman–Crippen MR) is 78.2 cm³/mol. The minimum absolute atomic E-state index is 0.116. The summed E-state index contributed by atoms with van der Waals surface area (Å²) in [5.41, 5.74) is 0.546. The van der Waals surface area contributed by atoms with Crippen LogP contribution in [0.25, 0.3) is 10.8 Å². The van der Waals surface area contributed by atoms with Crippen LogP contribution in [0, 0.1) is 11.7 Å². The van der Waals surface area contributed by atoms with Gasteiger partial charge < -0.3 is 5.32 Å². The number of benzene rings is 2. The van der Waals surface area contributed by atoms with E-state index in [1.54, 1.807) is 24.3 Å². The van der Waals surface area contributed by atoms with Crippen molar-refractivity contribution in [2.75, 3.05) is 0 Å². The molecule has 0 bridgehead atoms. The Bertz CT molecular complexity index is 648. The standard InChI is InChI=1S/C17H18FNO/c1-11(10-12-6-7-12)19-17(20)15-8-9-16(18)14-5-3-2-4-13(14)15/h2-5,8-9,11-12H,6-7,10H2,1H3,(H,19,20). The van der Waals surface area contributed by atoms with Crippen LogP contribution < -0.4 is 5.32 Å². The summed E-state index contributed by atoms with van der Waals surface area (Å²) in [7, 11) is 0. The smallest absolute Gasteiger partial charge is 0.252 e. The Kier molecular flexibility index (Phi) is 3.43. The van der Waals surface area contributed by atoms with E-state index in [0.29, 0.717) is 16.3 Å². The van der Waals surface area contributed by atoms with E-state index >= 15 is 0 Å². The van der Waals surface area contributed by atoms with Crippen molar-refractivity contribution in [1.29, 1.82) is 0 Å². The monoisotopic (exact) mass is 271 g/mol. The van der Waals surface area contributed by atoms with Crippen molar-refractivity contribution < 1.29 is 9.18 Å².